The molecule has 0 aliphatic carbocycles. The molecule has 2 N–H and O–H groups in total. The van der Waals surface area contributed by atoms with Crippen molar-refractivity contribution in [1.82, 2.24) is 0 Å². The van der Waals surface area contributed by atoms with E-state index in [0.717, 1.165) is 43.8 Å². The van der Waals surface area contributed by atoms with Gasteiger partial charge in [-0.25, -0.2) is 8.42 Å². The van der Waals surface area contributed by atoms with Crippen molar-refractivity contribution in [3.05, 3.63) is 103 Å². The van der Waals surface area contributed by atoms with E-state index >= 15 is 0 Å². The van der Waals surface area contributed by atoms with Gasteiger partial charge in [-0.1, -0.05) is 91.0 Å². The van der Waals surface area contributed by atoms with Gasteiger partial charge in [-0.3, -0.25) is 0 Å². The molecular weight excluding hydrogens is 431 g/mol. The zero-order chi connectivity index (χ0) is 20.7. The van der Waals surface area contributed by atoms with Crippen LogP contribution in [0.2, 0.25) is 0 Å². The molecule has 0 radical (unpaired) electrons. The molecule has 0 amide bonds. The minimum Gasteiger partial charge on any atom is -0.744 e. The molecule has 0 heterocycles. The predicted octanol–water partition coefficient (Wildman–Crippen LogP) is 2.41. The SMILES string of the molecule is O.O=S(=O)([O-])c1ccc2c(-c3ccccc3)c3ccccc3c(-c3ccccc3)c2c1.[Na+]. The fourth-order valence-electron chi connectivity index (χ4n) is 4.14. The summed E-state index contributed by atoms with van der Waals surface area (Å²) in [6.07, 6.45) is 0. The van der Waals surface area contributed by atoms with Gasteiger partial charge in [0.15, 0.2) is 0 Å². The van der Waals surface area contributed by atoms with Gasteiger partial charge in [0, 0.05) is 0 Å². The van der Waals surface area contributed by atoms with Crippen LogP contribution in [0.3, 0.4) is 0 Å². The zero-order valence-corrected chi connectivity index (χ0v) is 20.3. The molecule has 0 unspecified atom stereocenters. The molecule has 5 rings (SSSR count). The first-order valence-electron chi connectivity index (χ1n) is 9.59. The molecule has 5 aromatic rings. The largest absolute Gasteiger partial charge is 1.00 e. The molecule has 4 nitrogen and oxygen atoms in total. The van der Waals surface area contributed by atoms with Crippen LogP contribution in [0.15, 0.2) is 108 Å². The van der Waals surface area contributed by atoms with Gasteiger partial charge in [-0.05, 0) is 55.9 Å². The molecule has 0 saturated carbocycles. The van der Waals surface area contributed by atoms with Crippen molar-refractivity contribution in [1.29, 1.82) is 0 Å². The van der Waals surface area contributed by atoms with Crippen molar-refractivity contribution in [2.75, 3.05) is 0 Å². The summed E-state index contributed by atoms with van der Waals surface area (Å²) < 4.78 is 35.4. The smallest absolute Gasteiger partial charge is 0.744 e. The Hall–Kier alpha value is -2.51. The van der Waals surface area contributed by atoms with Gasteiger partial charge in [0.05, 0.1) is 4.90 Å². The van der Waals surface area contributed by atoms with E-state index < -0.39 is 10.1 Å². The Morgan fingerprint density at radius 3 is 1.41 bits per heavy atom. The second-order valence-electron chi connectivity index (χ2n) is 7.19. The minimum atomic E-state index is -4.57. The topological polar surface area (TPSA) is 88.7 Å². The van der Waals surface area contributed by atoms with E-state index in [-0.39, 0.29) is 39.9 Å². The standard InChI is InChI=1S/C26H18O3S.Na.H2O/c27-30(28,29)20-15-16-23-24(17-20)26(19-11-5-2-6-12-19)22-14-8-7-13-21(22)25(23)18-9-3-1-4-10-18;;/h1-17H,(H,27,28,29);;1H2/q;+1;/p-1. The van der Waals surface area contributed by atoms with E-state index in [4.69, 9.17) is 0 Å². The molecule has 5 aromatic carbocycles. The summed E-state index contributed by atoms with van der Waals surface area (Å²) in [7, 11) is -4.57. The quantitative estimate of drug-likeness (QED) is 0.240. The monoisotopic (exact) mass is 450 g/mol. The van der Waals surface area contributed by atoms with Crippen LogP contribution < -0.4 is 29.6 Å². The maximum absolute atomic E-state index is 11.8. The van der Waals surface area contributed by atoms with Gasteiger partial charge in [-0.15, -0.1) is 0 Å². The number of hydrogen-bond acceptors (Lipinski definition) is 3. The average molecular weight is 450 g/mol. The van der Waals surface area contributed by atoms with Crippen molar-refractivity contribution < 1.29 is 48.0 Å². The molecule has 0 fully saturated rings. The van der Waals surface area contributed by atoms with Gasteiger partial charge >= 0.3 is 29.6 Å². The summed E-state index contributed by atoms with van der Waals surface area (Å²) in [4.78, 5) is -0.221. The molecule has 0 aromatic heterocycles. The zero-order valence-electron chi connectivity index (χ0n) is 17.4. The molecule has 0 saturated heterocycles. The van der Waals surface area contributed by atoms with Crippen molar-refractivity contribution in [2.24, 2.45) is 0 Å². The predicted molar refractivity (Wildman–Crippen MR) is 124 cm³/mol. The first kappa shape index (κ1) is 24.1. The molecule has 0 aliphatic heterocycles. The molecule has 32 heavy (non-hydrogen) atoms. The maximum Gasteiger partial charge on any atom is 1.00 e. The Bertz CT molecular complexity index is 1500. The van der Waals surface area contributed by atoms with E-state index in [2.05, 4.69) is 6.07 Å². The third kappa shape index (κ3) is 4.24. The molecule has 0 bridgehead atoms. The van der Waals surface area contributed by atoms with Crippen molar-refractivity contribution in [2.45, 2.75) is 4.90 Å². The van der Waals surface area contributed by atoms with Crippen molar-refractivity contribution >= 4 is 31.7 Å². The van der Waals surface area contributed by atoms with Crippen LogP contribution in [0.25, 0.3) is 43.8 Å². The van der Waals surface area contributed by atoms with Gasteiger partial charge in [0.1, 0.15) is 10.1 Å². The molecule has 154 valence electrons. The summed E-state index contributed by atoms with van der Waals surface area (Å²) in [6.45, 7) is 0. The molecule has 0 spiro atoms. The normalized spacial score (nSPS) is 11.0. The van der Waals surface area contributed by atoms with Crippen molar-refractivity contribution in [3.8, 4) is 22.3 Å². The number of hydrogen-bond donors (Lipinski definition) is 0. The Balaban J connectivity index is 0.00000144. The van der Waals surface area contributed by atoms with Crippen LogP contribution >= 0.6 is 0 Å². The van der Waals surface area contributed by atoms with Gasteiger partial charge in [0.2, 0.25) is 0 Å². The Kier molecular flexibility index (Phi) is 7.20. The van der Waals surface area contributed by atoms with Gasteiger partial charge in [-0.2, -0.15) is 0 Å². The summed E-state index contributed by atoms with van der Waals surface area (Å²) in [5, 5.41) is 3.74. The Morgan fingerprint density at radius 2 is 0.938 bits per heavy atom. The second kappa shape index (κ2) is 9.55. The fourth-order valence-corrected chi connectivity index (χ4v) is 4.64. The second-order valence-corrected chi connectivity index (χ2v) is 8.57. The van der Waals surface area contributed by atoms with Crippen LogP contribution in [0.5, 0.6) is 0 Å². The summed E-state index contributed by atoms with van der Waals surface area (Å²) in [5.41, 5.74) is 3.96. The van der Waals surface area contributed by atoms with Crippen LogP contribution in [0.1, 0.15) is 0 Å². The summed E-state index contributed by atoms with van der Waals surface area (Å²) >= 11 is 0. The third-order valence-electron chi connectivity index (χ3n) is 5.41. The van der Waals surface area contributed by atoms with Gasteiger partial charge < -0.3 is 10.0 Å². The van der Waals surface area contributed by atoms with E-state index in [1.54, 1.807) is 6.07 Å². The Morgan fingerprint density at radius 1 is 0.531 bits per heavy atom. The number of benzene rings is 5. The third-order valence-corrected chi connectivity index (χ3v) is 6.24. The van der Waals surface area contributed by atoms with Crippen LogP contribution in [0, 0.1) is 0 Å². The van der Waals surface area contributed by atoms with E-state index in [1.807, 2.05) is 78.9 Å². The summed E-state index contributed by atoms with van der Waals surface area (Å²) in [6, 6.07) is 32.7. The van der Waals surface area contributed by atoms with E-state index in [0.29, 0.717) is 0 Å². The first-order valence-corrected chi connectivity index (χ1v) is 11.0. The van der Waals surface area contributed by atoms with E-state index in [1.165, 1.54) is 12.1 Å². The summed E-state index contributed by atoms with van der Waals surface area (Å²) in [5.74, 6) is 0. The molecule has 6 heteroatoms. The van der Waals surface area contributed by atoms with Crippen molar-refractivity contribution in [3.63, 3.8) is 0 Å². The average Bonchev–Trinajstić information content (AvgIpc) is 2.77. The number of fused-ring (bicyclic) bond motifs is 2. The fraction of sp³-hybridized carbons (Fsp3) is 0. The Labute approximate surface area is 208 Å². The first-order chi connectivity index (χ1) is 14.5. The maximum atomic E-state index is 11.8. The van der Waals surface area contributed by atoms with Gasteiger partial charge in [0.25, 0.3) is 0 Å². The van der Waals surface area contributed by atoms with Crippen LogP contribution in [0.4, 0.5) is 0 Å². The minimum absolute atomic E-state index is 0. The molecule has 0 aliphatic rings. The molecule has 0 atom stereocenters. The van der Waals surface area contributed by atoms with Crippen LogP contribution in [-0.2, 0) is 10.1 Å². The number of rotatable bonds is 3. The molecular formula is C26H19NaO4S. The van der Waals surface area contributed by atoms with E-state index in [9.17, 15) is 13.0 Å². The van der Waals surface area contributed by atoms with Crippen LogP contribution in [-0.4, -0.2) is 18.4 Å².